The van der Waals surface area contributed by atoms with Gasteiger partial charge in [-0.3, -0.25) is 0 Å². The van der Waals surface area contributed by atoms with Crippen molar-refractivity contribution in [3.63, 3.8) is 0 Å². The van der Waals surface area contributed by atoms with Crippen LogP contribution < -0.4 is 9.64 Å². The number of benzene rings is 1. The highest BCUT2D eigenvalue weighted by Crippen LogP contribution is 2.31. The van der Waals surface area contributed by atoms with Gasteiger partial charge >= 0.3 is 0 Å². The minimum absolute atomic E-state index is 0.257. The number of hydrogen-bond donors (Lipinski definition) is 1. The summed E-state index contributed by atoms with van der Waals surface area (Å²) in [4.78, 5) is 2.14. The van der Waals surface area contributed by atoms with Crippen LogP contribution >= 0.6 is 0 Å². The fourth-order valence-corrected chi connectivity index (χ4v) is 1.59. The molecule has 0 aliphatic rings. The molecular formula is C13H19NO2. The van der Waals surface area contributed by atoms with E-state index in [2.05, 4.69) is 25.3 Å². The molecule has 1 aromatic rings. The zero-order chi connectivity index (χ0) is 12.0. The van der Waals surface area contributed by atoms with E-state index >= 15 is 0 Å². The first kappa shape index (κ1) is 12.4. The van der Waals surface area contributed by atoms with Crippen LogP contribution in [0.4, 0.5) is 5.69 Å². The Hall–Kier alpha value is -1.64. The van der Waals surface area contributed by atoms with Crippen molar-refractivity contribution >= 4 is 5.69 Å². The van der Waals surface area contributed by atoms with Crippen molar-refractivity contribution in [2.75, 3.05) is 24.6 Å². The summed E-state index contributed by atoms with van der Waals surface area (Å²) in [6.45, 7) is 10.00. The number of hydrogen-bond acceptors (Lipinski definition) is 3. The van der Waals surface area contributed by atoms with Crippen LogP contribution in [0.1, 0.15) is 13.8 Å². The van der Waals surface area contributed by atoms with Gasteiger partial charge < -0.3 is 14.7 Å². The molecule has 0 heterocycles. The molecule has 0 bridgehead atoms. The van der Waals surface area contributed by atoms with Gasteiger partial charge in [0, 0.05) is 19.2 Å². The van der Waals surface area contributed by atoms with Gasteiger partial charge in [-0.05, 0) is 26.0 Å². The summed E-state index contributed by atoms with van der Waals surface area (Å²) < 4.78 is 5.56. The molecular weight excluding hydrogens is 202 g/mol. The van der Waals surface area contributed by atoms with E-state index in [4.69, 9.17) is 4.74 Å². The third-order valence-corrected chi connectivity index (χ3v) is 2.40. The van der Waals surface area contributed by atoms with Gasteiger partial charge in [0.05, 0.1) is 5.69 Å². The average Bonchev–Trinajstić information content (AvgIpc) is 2.30. The number of phenolic OH excluding ortho intramolecular Hbond substituents is 1. The van der Waals surface area contributed by atoms with E-state index in [1.54, 1.807) is 24.3 Å². The second kappa shape index (κ2) is 6.05. The van der Waals surface area contributed by atoms with Crippen LogP contribution in [0.2, 0.25) is 0 Å². The lowest BCUT2D eigenvalue weighted by atomic mass is 10.2. The van der Waals surface area contributed by atoms with Crippen molar-refractivity contribution in [3.05, 3.63) is 30.9 Å². The van der Waals surface area contributed by atoms with Crippen LogP contribution in [0.15, 0.2) is 30.9 Å². The number of aromatic hydroxyl groups is 1. The maximum atomic E-state index is 9.50. The first-order valence-electron chi connectivity index (χ1n) is 5.54. The van der Waals surface area contributed by atoms with Crippen molar-refractivity contribution < 1.29 is 9.84 Å². The fourth-order valence-electron chi connectivity index (χ4n) is 1.59. The SMILES string of the molecule is C=CCOc1ccc(O)cc1N(CC)CC. The maximum absolute atomic E-state index is 9.50. The molecule has 0 radical (unpaired) electrons. The summed E-state index contributed by atoms with van der Waals surface area (Å²) in [5, 5.41) is 9.50. The van der Waals surface area contributed by atoms with Crippen LogP contribution in [0.5, 0.6) is 11.5 Å². The first-order chi connectivity index (χ1) is 7.72. The minimum Gasteiger partial charge on any atom is -0.508 e. The molecule has 1 N–H and O–H groups in total. The Morgan fingerprint density at radius 2 is 2.06 bits per heavy atom. The monoisotopic (exact) mass is 221 g/mol. The maximum Gasteiger partial charge on any atom is 0.143 e. The Bertz CT molecular complexity index is 346. The highest BCUT2D eigenvalue weighted by Gasteiger charge is 2.10. The molecule has 0 spiro atoms. The van der Waals surface area contributed by atoms with Crippen molar-refractivity contribution in [1.82, 2.24) is 0 Å². The van der Waals surface area contributed by atoms with Crippen molar-refractivity contribution in [1.29, 1.82) is 0 Å². The van der Waals surface area contributed by atoms with E-state index in [9.17, 15) is 5.11 Å². The van der Waals surface area contributed by atoms with Gasteiger partial charge in [0.2, 0.25) is 0 Å². The summed E-state index contributed by atoms with van der Waals surface area (Å²) in [6.07, 6.45) is 1.71. The number of nitrogens with zero attached hydrogens (tertiary/aromatic N) is 1. The molecule has 0 aliphatic heterocycles. The Balaban J connectivity index is 3.01. The number of rotatable bonds is 6. The van der Waals surface area contributed by atoms with E-state index in [1.165, 1.54) is 0 Å². The largest absolute Gasteiger partial charge is 0.508 e. The molecule has 0 aromatic heterocycles. The highest BCUT2D eigenvalue weighted by atomic mass is 16.5. The van der Waals surface area contributed by atoms with E-state index in [1.807, 2.05) is 0 Å². The quantitative estimate of drug-likeness (QED) is 0.750. The van der Waals surface area contributed by atoms with E-state index in [-0.39, 0.29) is 5.75 Å². The minimum atomic E-state index is 0.257. The third kappa shape index (κ3) is 2.92. The van der Waals surface area contributed by atoms with Gasteiger partial charge in [-0.15, -0.1) is 0 Å². The third-order valence-electron chi connectivity index (χ3n) is 2.40. The number of ether oxygens (including phenoxy) is 1. The topological polar surface area (TPSA) is 32.7 Å². The molecule has 3 heteroatoms. The summed E-state index contributed by atoms with van der Waals surface area (Å²) in [5.41, 5.74) is 0.923. The van der Waals surface area contributed by atoms with Gasteiger partial charge in [0.1, 0.15) is 18.1 Å². The lowest BCUT2D eigenvalue weighted by Crippen LogP contribution is -2.22. The molecule has 0 fully saturated rings. The fraction of sp³-hybridized carbons (Fsp3) is 0.385. The lowest BCUT2D eigenvalue weighted by molar-refractivity contribution is 0.362. The van der Waals surface area contributed by atoms with Crippen LogP contribution in [0, 0.1) is 0 Å². The lowest BCUT2D eigenvalue weighted by Gasteiger charge is -2.23. The van der Waals surface area contributed by atoms with E-state index < -0.39 is 0 Å². The molecule has 0 saturated heterocycles. The molecule has 0 saturated carbocycles. The van der Waals surface area contributed by atoms with Crippen LogP contribution in [-0.2, 0) is 0 Å². The summed E-state index contributed by atoms with van der Waals surface area (Å²) >= 11 is 0. The molecule has 0 amide bonds. The van der Waals surface area contributed by atoms with Gasteiger partial charge in [-0.1, -0.05) is 12.7 Å². The van der Waals surface area contributed by atoms with E-state index in [0.29, 0.717) is 6.61 Å². The smallest absolute Gasteiger partial charge is 0.143 e. The predicted molar refractivity (Wildman–Crippen MR) is 67.4 cm³/mol. The van der Waals surface area contributed by atoms with Crippen molar-refractivity contribution in [3.8, 4) is 11.5 Å². The Labute approximate surface area is 97.0 Å². The molecule has 0 unspecified atom stereocenters. The predicted octanol–water partition coefficient (Wildman–Crippen LogP) is 2.80. The summed E-state index contributed by atoms with van der Waals surface area (Å²) in [5.74, 6) is 1.04. The molecule has 0 atom stereocenters. The number of phenols is 1. The van der Waals surface area contributed by atoms with Crippen molar-refractivity contribution in [2.24, 2.45) is 0 Å². The average molecular weight is 221 g/mol. The normalized spacial score (nSPS) is 9.88. The zero-order valence-corrected chi connectivity index (χ0v) is 9.94. The van der Waals surface area contributed by atoms with Crippen LogP contribution in [0.25, 0.3) is 0 Å². The number of anilines is 1. The van der Waals surface area contributed by atoms with Gasteiger partial charge in [-0.25, -0.2) is 0 Å². The Morgan fingerprint density at radius 1 is 1.38 bits per heavy atom. The highest BCUT2D eigenvalue weighted by molar-refractivity contribution is 5.61. The second-order valence-corrected chi connectivity index (χ2v) is 3.42. The zero-order valence-electron chi connectivity index (χ0n) is 9.94. The van der Waals surface area contributed by atoms with Gasteiger partial charge in [0.15, 0.2) is 0 Å². The second-order valence-electron chi connectivity index (χ2n) is 3.42. The van der Waals surface area contributed by atoms with Crippen LogP contribution in [0.3, 0.4) is 0 Å². The van der Waals surface area contributed by atoms with Crippen molar-refractivity contribution in [2.45, 2.75) is 13.8 Å². The van der Waals surface area contributed by atoms with Gasteiger partial charge in [0.25, 0.3) is 0 Å². The first-order valence-corrected chi connectivity index (χ1v) is 5.54. The Kier molecular flexibility index (Phi) is 4.70. The van der Waals surface area contributed by atoms with Gasteiger partial charge in [-0.2, -0.15) is 0 Å². The summed E-state index contributed by atoms with van der Waals surface area (Å²) in [7, 11) is 0. The molecule has 3 nitrogen and oxygen atoms in total. The molecule has 1 aromatic carbocycles. The standard InChI is InChI=1S/C13H19NO2/c1-4-9-16-13-8-7-11(15)10-12(13)14(5-2)6-3/h4,7-8,10,15H,1,5-6,9H2,2-3H3. The summed E-state index contributed by atoms with van der Waals surface area (Å²) in [6, 6.07) is 5.14. The van der Waals surface area contributed by atoms with Crippen LogP contribution in [-0.4, -0.2) is 24.8 Å². The molecule has 0 aliphatic carbocycles. The molecule has 1 rings (SSSR count). The van der Waals surface area contributed by atoms with E-state index in [0.717, 1.165) is 24.5 Å². The molecule has 88 valence electrons. The Morgan fingerprint density at radius 3 is 2.62 bits per heavy atom. The molecule has 16 heavy (non-hydrogen) atoms.